The number of hydrogen-bond acceptors (Lipinski definition) is 2. The van der Waals surface area contributed by atoms with Crippen molar-refractivity contribution in [2.45, 2.75) is 19.9 Å². The molecule has 1 heterocycles. The molecule has 0 radical (unpaired) electrons. The van der Waals surface area contributed by atoms with Crippen LogP contribution in [0.2, 0.25) is 0 Å². The second-order valence-electron chi connectivity index (χ2n) is 2.97. The number of H-pyrrole nitrogens is 1. The van der Waals surface area contributed by atoms with Crippen LogP contribution >= 0.6 is 0 Å². The van der Waals surface area contributed by atoms with Crippen molar-refractivity contribution in [3.8, 4) is 0 Å². The van der Waals surface area contributed by atoms with Crippen LogP contribution in [0.3, 0.4) is 0 Å². The molecule has 0 atom stereocenters. The first-order valence-electron chi connectivity index (χ1n) is 3.84. The van der Waals surface area contributed by atoms with Gasteiger partial charge in [0.2, 0.25) is 0 Å². The average molecular weight is 167 g/mol. The van der Waals surface area contributed by atoms with E-state index in [1.807, 2.05) is 13.8 Å². The zero-order valence-electron chi connectivity index (χ0n) is 7.22. The summed E-state index contributed by atoms with van der Waals surface area (Å²) in [7, 11) is 0. The Morgan fingerprint density at radius 2 is 2.33 bits per heavy atom. The van der Waals surface area contributed by atoms with Gasteiger partial charge in [0.1, 0.15) is 5.69 Å². The molecular weight excluding hydrogens is 154 g/mol. The Bertz CT molecular complexity index is 278. The number of carbonyl (C=O) groups excluding carboxylic acids is 1. The highest BCUT2D eigenvalue weighted by atomic mass is 16.1. The fourth-order valence-corrected chi connectivity index (χ4v) is 0.882. The molecule has 0 saturated carbocycles. The van der Waals surface area contributed by atoms with E-state index in [-0.39, 0.29) is 11.9 Å². The molecular formula is C8H13N3O. The molecule has 1 aromatic rings. The van der Waals surface area contributed by atoms with Gasteiger partial charge in [-0.2, -0.15) is 0 Å². The van der Waals surface area contributed by atoms with Crippen LogP contribution in [0.15, 0.2) is 12.3 Å². The minimum Gasteiger partial charge on any atom is -0.397 e. The van der Waals surface area contributed by atoms with Crippen molar-refractivity contribution in [1.82, 2.24) is 10.3 Å². The number of aromatic nitrogens is 1. The Morgan fingerprint density at radius 3 is 2.75 bits per heavy atom. The molecule has 0 aromatic carbocycles. The summed E-state index contributed by atoms with van der Waals surface area (Å²) in [5.41, 5.74) is 6.51. The van der Waals surface area contributed by atoms with E-state index < -0.39 is 0 Å². The van der Waals surface area contributed by atoms with Gasteiger partial charge in [-0.15, -0.1) is 0 Å². The highest BCUT2D eigenvalue weighted by Gasteiger charge is 2.07. The standard InChI is InChI=1S/C8H13N3O/c1-5(2)11-8(12)7-3-6(9)4-10-7/h3-5,10H,9H2,1-2H3,(H,11,12). The second-order valence-corrected chi connectivity index (χ2v) is 2.97. The normalized spacial score (nSPS) is 10.2. The number of hydrogen-bond donors (Lipinski definition) is 3. The van der Waals surface area contributed by atoms with E-state index in [9.17, 15) is 4.79 Å². The van der Waals surface area contributed by atoms with Gasteiger partial charge in [-0.05, 0) is 19.9 Å². The van der Waals surface area contributed by atoms with Crippen molar-refractivity contribution < 1.29 is 4.79 Å². The quantitative estimate of drug-likeness (QED) is 0.607. The highest BCUT2D eigenvalue weighted by molar-refractivity contribution is 5.93. The number of aromatic amines is 1. The first-order valence-corrected chi connectivity index (χ1v) is 3.84. The zero-order chi connectivity index (χ0) is 9.14. The Balaban J connectivity index is 2.65. The van der Waals surface area contributed by atoms with E-state index in [1.165, 1.54) is 0 Å². The molecule has 0 aliphatic carbocycles. The maximum Gasteiger partial charge on any atom is 0.267 e. The van der Waals surface area contributed by atoms with Crippen LogP contribution in [-0.4, -0.2) is 16.9 Å². The zero-order valence-corrected chi connectivity index (χ0v) is 7.22. The van der Waals surface area contributed by atoms with Crippen molar-refractivity contribution in [2.24, 2.45) is 0 Å². The number of amides is 1. The number of carbonyl (C=O) groups is 1. The maximum atomic E-state index is 11.3. The van der Waals surface area contributed by atoms with Gasteiger partial charge in [-0.1, -0.05) is 0 Å². The fourth-order valence-electron chi connectivity index (χ4n) is 0.882. The minimum atomic E-state index is -0.123. The number of rotatable bonds is 2. The van der Waals surface area contributed by atoms with Crippen molar-refractivity contribution in [1.29, 1.82) is 0 Å². The molecule has 66 valence electrons. The monoisotopic (exact) mass is 167 g/mol. The molecule has 0 aliphatic rings. The first kappa shape index (κ1) is 8.64. The van der Waals surface area contributed by atoms with E-state index in [0.29, 0.717) is 11.4 Å². The van der Waals surface area contributed by atoms with Crippen molar-refractivity contribution in [3.63, 3.8) is 0 Å². The lowest BCUT2D eigenvalue weighted by atomic mass is 10.3. The van der Waals surface area contributed by atoms with Gasteiger partial charge in [0.15, 0.2) is 0 Å². The third-order valence-electron chi connectivity index (χ3n) is 1.37. The second kappa shape index (κ2) is 3.30. The lowest BCUT2D eigenvalue weighted by Crippen LogP contribution is -2.30. The Morgan fingerprint density at radius 1 is 1.67 bits per heavy atom. The molecule has 0 bridgehead atoms. The van der Waals surface area contributed by atoms with Crippen LogP contribution in [-0.2, 0) is 0 Å². The van der Waals surface area contributed by atoms with Crippen molar-refractivity contribution >= 4 is 11.6 Å². The molecule has 4 heteroatoms. The predicted octanol–water partition coefficient (Wildman–Crippen LogP) is 0.735. The number of nitrogen functional groups attached to an aromatic ring is 1. The minimum absolute atomic E-state index is 0.123. The molecule has 4 N–H and O–H groups in total. The summed E-state index contributed by atoms with van der Waals surface area (Å²) in [6.45, 7) is 3.81. The molecule has 12 heavy (non-hydrogen) atoms. The van der Waals surface area contributed by atoms with E-state index >= 15 is 0 Å². The van der Waals surface area contributed by atoms with Crippen LogP contribution in [0.5, 0.6) is 0 Å². The lowest BCUT2D eigenvalue weighted by molar-refractivity contribution is 0.0938. The predicted molar refractivity (Wildman–Crippen MR) is 47.8 cm³/mol. The van der Waals surface area contributed by atoms with Gasteiger partial charge in [0, 0.05) is 17.9 Å². The maximum absolute atomic E-state index is 11.3. The van der Waals surface area contributed by atoms with Crippen LogP contribution in [0.1, 0.15) is 24.3 Å². The van der Waals surface area contributed by atoms with E-state index in [0.717, 1.165) is 0 Å². The molecule has 0 unspecified atom stereocenters. The van der Waals surface area contributed by atoms with E-state index in [4.69, 9.17) is 5.73 Å². The third kappa shape index (κ3) is 2.02. The van der Waals surface area contributed by atoms with Crippen LogP contribution in [0, 0.1) is 0 Å². The number of anilines is 1. The van der Waals surface area contributed by atoms with Crippen molar-refractivity contribution in [2.75, 3.05) is 5.73 Å². The lowest BCUT2D eigenvalue weighted by Gasteiger charge is -2.05. The SMILES string of the molecule is CC(C)NC(=O)c1cc(N)c[nH]1. The molecule has 0 spiro atoms. The van der Waals surface area contributed by atoms with Gasteiger partial charge in [-0.3, -0.25) is 4.79 Å². The number of nitrogens with one attached hydrogen (secondary N) is 2. The fraction of sp³-hybridized carbons (Fsp3) is 0.375. The Kier molecular flexibility index (Phi) is 2.38. The average Bonchev–Trinajstić information content (AvgIpc) is 2.34. The summed E-state index contributed by atoms with van der Waals surface area (Å²) >= 11 is 0. The van der Waals surface area contributed by atoms with Gasteiger partial charge in [0.25, 0.3) is 5.91 Å². The van der Waals surface area contributed by atoms with Gasteiger partial charge >= 0.3 is 0 Å². The van der Waals surface area contributed by atoms with Crippen molar-refractivity contribution in [3.05, 3.63) is 18.0 Å². The largest absolute Gasteiger partial charge is 0.397 e. The molecule has 0 saturated heterocycles. The summed E-state index contributed by atoms with van der Waals surface area (Å²) in [4.78, 5) is 14.0. The highest BCUT2D eigenvalue weighted by Crippen LogP contribution is 2.03. The molecule has 0 aliphatic heterocycles. The first-order chi connectivity index (χ1) is 5.59. The summed E-state index contributed by atoms with van der Waals surface area (Å²) < 4.78 is 0. The van der Waals surface area contributed by atoms with Crippen LogP contribution in [0.4, 0.5) is 5.69 Å². The van der Waals surface area contributed by atoms with E-state index in [2.05, 4.69) is 10.3 Å². The molecule has 1 aromatic heterocycles. The Hall–Kier alpha value is -1.45. The Labute approximate surface area is 71.2 Å². The number of nitrogens with two attached hydrogens (primary N) is 1. The van der Waals surface area contributed by atoms with E-state index in [1.54, 1.807) is 12.3 Å². The third-order valence-corrected chi connectivity index (χ3v) is 1.37. The molecule has 1 rings (SSSR count). The van der Waals surface area contributed by atoms with Gasteiger partial charge in [-0.25, -0.2) is 0 Å². The van der Waals surface area contributed by atoms with Crippen LogP contribution in [0.25, 0.3) is 0 Å². The van der Waals surface area contributed by atoms with Gasteiger partial charge < -0.3 is 16.0 Å². The summed E-state index contributed by atoms with van der Waals surface area (Å²) in [5.74, 6) is -0.123. The summed E-state index contributed by atoms with van der Waals surface area (Å²) in [6, 6.07) is 1.75. The van der Waals surface area contributed by atoms with Gasteiger partial charge in [0.05, 0.1) is 0 Å². The molecule has 1 amide bonds. The molecule has 4 nitrogen and oxygen atoms in total. The summed E-state index contributed by atoms with van der Waals surface area (Å²) in [5, 5.41) is 2.75. The smallest absolute Gasteiger partial charge is 0.267 e. The topological polar surface area (TPSA) is 70.9 Å². The molecule has 0 fully saturated rings. The van der Waals surface area contributed by atoms with Crippen LogP contribution < -0.4 is 11.1 Å². The summed E-state index contributed by atoms with van der Waals surface area (Å²) in [6.07, 6.45) is 1.59.